The summed E-state index contributed by atoms with van der Waals surface area (Å²) in [6, 6.07) is 11.0. The largest absolute Gasteiger partial charge is 0.387 e. The first-order valence-electron chi connectivity index (χ1n) is 7.54. The lowest BCUT2D eigenvalue weighted by Gasteiger charge is -2.25. The molecule has 3 rings (SSSR count). The second-order valence-electron chi connectivity index (χ2n) is 5.76. The molecule has 1 saturated carbocycles. The zero-order valence-electron chi connectivity index (χ0n) is 12.5. The van der Waals surface area contributed by atoms with E-state index in [1.54, 1.807) is 4.90 Å². The van der Waals surface area contributed by atoms with E-state index in [1.165, 1.54) is 48.5 Å². The van der Waals surface area contributed by atoms with Crippen LogP contribution < -0.4 is 0 Å². The maximum absolute atomic E-state index is 13.0. The maximum Gasteiger partial charge on any atom is 0.254 e. The third-order valence-electron chi connectivity index (χ3n) is 3.96. The van der Waals surface area contributed by atoms with Gasteiger partial charge in [-0.1, -0.05) is 12.1 Å². The molecule has 0 aliphatic heterocycles. The summed E-state index contributed by atoms with van der Waals surface area (Å²) in [6.07, 6.45) is 0.896. The molecule has 3 nitrogen and oxygen atoms in total. The first kappa shape index (κ1) is 15.6. The molecule has 1 N–H and O–H groups in total. The lowest BCUT2D eigenvalue weighted by atomic mass is 10.1. The van der Waals surface area contributed by atoms with E-state index < -0.39 is 11.9 Å². The summed E-state index contributed by atoms with van der Waals surface area (Å²) in [6.45, 7) is 0.131. The minimum absolute atomic E-state index is 0.0997. The van der Waals surface area contributed by atoms with Crippen molar-refractivity contribution in [2.45, 2.75) is 25.0 Å². The second kappa shape index (κ2) is 6.46. The predicted octanol–water partition coefficient (Wildman–Crippen LogP) is 3.30. The van der Waals surface area contributed by atoms with Crippen LogP contribution in [0.25, 0.3) is 0 Å². The van der Waals surface area contributed by atoms with E-state index in [0.717, 1.165) is 12.8 Å². The van der Waals surface area contributed by atoms with Crippen LogP contribution >= 0.6 is 0 Å². The van der Waals surface area contributed by atoms with Gasteiger partial charge in [0.25, 0.3) is 5.91 Å². The van der Waals surface area contributed by atoms with Crippen LogP contribution in [0, 0.1) is 11.6 Å². The van der Waals surface area contributed by atoms with Gasteiger partial charge in [-0.3, -0.25) is 4.79 Å². The average Bonchev–Trinajstić information content (AvgIpc) is 3.38. The quantitative estimate of drug-likeness (QED) is 0.919. The highest BCUT2D eigenvalue weighted by Crippen LogP contribution is 2.30. The minimum Gasteiger partial charge on any atom is -0.387 e. The van der Waals surface area contributed by atoms with Gasteiger partial charge in [0.1, 0.15) is 11.6 Å². The molecule has 1 unspecified atom stereocenters. The summed E-state index contributed by atoms with van der Waals surface area (Å²) < 4.78 is 25.9. The first-order valence-corrected chi connectivity index (χ1v) is 7.54. The van der Waals surface area contributed by atoms with Crippen LogP contribution in [-0.2, 0) is 0 Å². The van der Waals surface area contributed by atoms with Crippen molar-refractivity contribution in [2.75, 3.05) is 6.54 Å². The average molecular weight is 317 g/mol. The molecule has 0 saturated heterocycles. The van der Waals surface area contributed by atoms with E-state index in [1.807, 2.05) is 0 Å². The molecule has 0 bridgehead atoms. The summed E-state index contributed by atoms with van der Waals surface area (Å²) >= 11 is 0. The summed E-state index contributed by atoms with van der Waals surface area (Å²) in [4.78, 5) is 14.2. The Morgan fingerprint density at radius 2 is 1.57 bits per heavy atom. The summed E-state index contributed by atoms with van der Waals surface area (Å²) in [5, 5.41) is 10.3. The van der Waals surface area contributed by atoms with Crippen LogP contribution in [0.5, 0.6) is 0 Å². The number of benzene rings is 2. The molecule has 0 radical (unpaired) electrons. The van der Waals surface area contributed by atoms with Crippen molar-refractivity contribution in [1.29, 1.82) is 0 Å². The van der Waals surface area contributed by atoms with E-state index in [9.17, 15) is 18.7 Å². The first-order chi connectivity index (χ1) is 11.0. The summed E-state index contributed by atoms with van der Waals surface area (Å²) in [5.41, 5.74) is 0.952. The fourth-order valence-electron chi connectivity index (χ4n) is 2.52. The number of hydrogen-bond donors (Lipinski definition) is 1. The SMILES string of the molecule is O=C(c1ccc(F)cc1)N(CC(O)c1ccc(F)cc1)C1CC1. The number of halogens is 2. The Morgan fingerprint density at radius 1 is 1.04 bits per heavy atom. The Kier molecular flexibility index (Phi) is 4.39. The number of hydrogen-bond acceptors (Lipinski definition) is 2. The molecule has 2 aromatic carbocycles. The smallest absolute Gasteiger partial charge is 0.254 e. The molecule has 1 atom stereocenters. The Morgan fingerprint density at radius 3 is 2.09 bits per heavy atom. The summed E-state index contributed by atoms with van der Waals surface area (Å²) in [5.74, 6) is -0.998. The van der Waals surface area contributed by atoms with E-state index in [0.29, 0.717) is 11.1 Å². The topological polar surface area (TPSA) is 40.5 Å². The molecular formula is C18H17F2NO2. The third-order valence-corrected chi connectivity index (χ3v) is 3.96. The van der Waals surface area contributed by atoms with E-state index in [2.05, 4.69) is 0 Å². The molecule has 0 aromatic heterocycles. The van der Waals surface area contributed by atoms with Gasteiger partial charge in [-0.2, -0.15) is 0 Å². The Bertz CT molecular complexity index is 681. The molecule has 0 heterocycles. The number of nitrogens with zero attached hydrogens (tertiary/aromatic N) is 1. The Hall–Kier alpha value is -2.27. The van der Waals surface area contributed by atoms with Crippen molar-refractivity contribution in [3.8, 4) is 0 Å². The van der Waals surface area contributed by atoms with Crippen LogP contribution in [0.4, 0.5) is 8.78 Å². The van der Waals surface area contributed by atoms with Gasteiger partial charge in [0, 0.05) is 11.6 Å². The van der Waals surface area contributed by atoms with Crippen molar-refractivity contribution >= 4 is 5.91 Å². The Balaban J connectivity index is 1.75. The van der Waals surface area contributed by atoms with Gasteiger partial charge >= 0.3 is 0 Å². The van der Waals surface area contributed by atoms with Crippen molar-refractivity contribution in [2.24, 2.45) is 0 Å². The van der Waals surface area contributed by atoms with Crippen molar-refractivity contribution in [3.05, 3.63) is 71.3 Å². The highest BCUT2D eigenvalue weighted by atomic mass is 19.1. The van der Waals surface area contributed by atoms with E-state index in [-0.39, 0.29) is 24.3 Å². The summed E-state index contributed by atoms with van der Waals surface area (Å²) in [7, 11) is 0. The molecular weight excluding hydrogens is 300 g/mol. The van der Waals surface area contributed by atoms with Gasteiger partial charge in [-0.25, -0.2) is 8.78 Å². The van der Waals surface area contributed by atoms with Gasteiger partial charge in [0.05, 0.1) is 12.6 Å². The number of rotatable bonds is 5. The molecule has 1 amide bonds. The molecule has 1 aliphatic rings. The Labute approximate surface area is 133 Å². The number of amides is 1. The number of carbonyl (C=O) groups excluding carboxylic acids is 1. The van der Waals surface area contributed by atoms with Crippen molar-refractivity contribution in [3.63, 3.8) is 0 Å². The van der Waals surface area contributed by atoms with Crippen LogP contribution in [0.3, 0.4) is 0 Å². The normalized spacial score (nSPS) is 15.3. The number of aliphatic hydroxyl groups is 1. The zero-order chi connectivity index (χ0) is 16.4. The highest BCUT2D eigenvalue weighted by Gasteiger charge is 2.34. The minimum atomic E-state index is -0.888. The molecule has 5 heteroatoms. The molecule has 1 fully saturated rings. The zero-order valence-corrected chi connectivity index (χ0v) is 12.5. The van der Waals surface area contributed by atoms with Crippen LogP contribution in [0.2, 0.25) is 0 Å². The molecule has 120 valence electrons. The maximum atomic E-state index is 13.0. The molecule has 0 spiro atoms. The van der Waals surface area contributed by atoms with E-state index >= 15 is 0 Å². The fraction of sp³-hybridized carbons (Fsp3) is 0.278. The number of aliphatic hydroxyl groups excluding tert-OH is 1. The lowest BCUT2D eigenvalue weighted by Crippen LogP contribution is -2.36. The van der Waals surface area contributed by atoms with Gasteiger partial charge < -0.3 is 10.0 Å². The van der Waals surface area contributed by atoms with Gasteiger partial charge in [-0.05, 0) is 54.8 Å². The van der Waals surface area contributed by atoms with Crippen molar-refractivity contribution < 1.29 is 18.7 Å². The van der Waals surface area contributed by atoms with Gasteiger partial charge in [0.2, 0.25) is 0 Å². The van der Waals surface area contributed by atoms with Crippen LogP contribution in [0.15, 0.2) is 48.5 Å². The molecule has 23 heavy (non-hydrogen) atoms. The number of carbonyl (C=O) groups is 1. The van der Waals surface area contributed by atoms with Crippen LogP contribution in [-0.4, -0.2) is 28.5 Å². The van der Waals surface area contributed by atoms with Crippen LogP contribution in [0.1, 0.15) is 34.9 Å². The predicted molar refractivity (Wildman–Crippen MR) is 81.8 cm³/mol. The highest BCUT2D eigenvalue weighted by molar-refractivity contribution is 5.94. The van der Waals surface area contributed by atoms with Crippen molar-refractivity contribution in [1.82, 2.24) is 4.90 Å². The van der Waals surface area contributed by atoms with E-state index in [4.69, 9.17) is 0 Å². The fourth-order valence-corrected chi connectivity index (χ4v) is 2.52. The molecule has 2 aromatic rings. The van der Waals surface area contributed by atoms with Gasteiger partial charge in [-0.15, -0.1) is 0 Å². The monoisotopic (exact) mass is 317 g/mol. The molecule has 1 aliphatic carbocycles. The van der Waals surface area contributed by atoms with Gasteiger partial charge in [0.15, 0.2) is 0 Å². The standard InChI is InChI=1S/C18H17F2NO2/c19-14-5-1-12(2-6-14)17(22)11-21(16-9-10-16)18(23)13-3-7-15(20)8-4-13/h1-8,16-17,22H,9-11H2. The third kappa shape index (κ3) is 3.74. The second-order valence-corrected chi connectivity index (χ2v) is 5.76. The lowest BCUT2D eigenvalue weighted by molar-refractivity contribution is 0.0603.